The summed E-state index contributed by atoms with van der Waals surface area (Å²) in [6, 6.07) is 8.82. The number of hydrogen-bond acceptors (Lipinski definition) is 4. The van der Waals surface area contributed by atoms with Gasteiger partial charge < -0.3 is 10.2 Å². The Morgan fingerprint density at radius 1 is 1.03 bits per heavy atom. The number of carbonyl (C=O) groups excluding carboxylic acids is 2. The Bertz CT molecular complexity index is 1150. The number of nitrogens with one attached hydrogen (secondary N) is 1. The van der Waals surface area contributed by atoms with E-state index in [1.807, 2.05) is 13.8 Å². The minimum atomic E-state index is -3.90. The minimum absolute atomic E-state index is 0.00940. The van der Waals surface area contributed by atoms with E-state index in [4.69, 9.17) is 23.2 Å². The van der Waals surface area contributed by atoms with E-state index in [0.717, 1.165) is 10.6 Å². The average molecular weight is 546 g/mol. The van der Waals surface area contributed by atoms with Crippen LogP contribution in [0, 0.1) is 5.82 Å². The summed E-state index contributed by atoms with van der Waals surface area (Å²) in [5.41, 5.74) is 0.754. The Morgan fingerprint density at radius 2 is 1.66 bits per heavy atom. The molecule has 0 aromatic heterocycles. The topological polar surface area (TPSA) is 86.8 Å². The number of rotatable bonds is 11. The van der Waals surface area contributed by atoms with Crippen molar-refractivity contribution in [3.8, 4) is 0 Å². The number of hydrogen-bond donors (Lipinski definition) is 1. The average Bonchev–Trinajstić information content (AvgIpc) is 2.79. The van der Waals surface area contributed by atoms with Gasteiger partial charge in [-0.2, -0.15) is 0 Å². The van der Waals surface area contributed by atoms with Crippen LogP contribution in [0.1, 0.15) is 39.2 Å². The van der Waals surface area contributed by atoms with E-state index in [-0.39, 0.29) is 34.2 Å². The molecule has 2 unspecified atom stereocenters. The molecule has 0 aliphatic heterocycles. The van der Waals surface area contributed by atoms with Crippen LogP contribution in [0.2, 0.25) is 10.0 Å². The molecule has 2 aromatic carbocycles. The molecule has 0 aliphatic carbocycles. The van der Waals surface area contributed by atoms with Crippen LogP contribution in [0.3, 0.4) is 0 Å². The van der Waals surface area contributed by atoms with Gasteiger partial charge in [0.05, 0.1) is 22.0 Å². The summed E-state index contributed by atoms with van der Waals surface area (Å²) in [7, 11) is -3.90. The van der Waals surface area contributed by atoms with E-state index < -0.39 is 34.3 Å². The second kappa shape index (κ2) is 12.6. The first-order valence-electron chi connectivity index (χ1n) is 11.1. The molecule has 0 radical (unpaired) electrons. The molecule has 2 amide bonds. The molecule has 0 spiro atoms. The molecule has 0 saturated carbocycles. The van der Waals surface area contributed by atoms with Crippen LogP contribution in [0.4, 0.5) is 10.1 Å². The van der Waals surface area contributed by atoms with E-state index >= 15 is 0 Å². The zero-order chi connectivity index (χ0) is 26.3. The normalized spacial score (nSPS) is 13.1. The van der Waals surface area contributed by atoms with Gasteiger partial charge >= 0.3 is 0 Å². The summed E-state index contributed by atoms with van der Waals surface area (Å²) in [5.74, 6) is -1.38. The number of nitrogens with zero attached hydrogens (tertiary/aromatic N) is 2. The van der Waals surface area contributed by atoms with E-state index in [1.54, 1.807) is 6.92 Å². The summed E-state index contributed by atoms with van der Waals surface area (Å²) in [6.45, 7) is 4.97. The third-order valence-electron chi connectivity index (χ3n) is 5.52. The van der Waals surface area contributed by atoms with E-state index in [0.29, 0.717) is 18.4 Å². The standard InChI is InChI=1S/C24H30Cl2FN3O4S/c1-5-16(3)28-24(32)22(6-2)29(14-17-7-9-18(27)10-8-17)23(31)15-30(35(4,33)34)19-11-12-20(25)21(26)13-19/h7-13,16,22H,5-6,14-15H2,1-4H3,(H,28,32). The van der Waals surface area contributed by atoms with Crippen LogP contribution >= 0.6 is 23.2 Å². The number of halogens is 3. The highest BCUT2D eigenvalue weighted by atomic mass is 35.5. The first-order valence-corrected chi connectivity index (χ1v) is 13.7. The van der Waals surface area contributed by atoms with Gasteiger partial charge in [-0.25, -0.2) is 12.8 Å². The maximum Gasteiger partial charge on any atom is 0.244 e. The van der Waals surface area contributed by atoms with Crippen LogP contribution in [0.5, 0.6) is 0 Å². The van der Waals surface area contributed by atoms with E-state index in [1.165, 1.54) is 47.4 Å². The molecule has 35 heavy (non-hydrogen) atoms. The SMILES string of the molecule is CCC(C)NC(=O)C(CC)N(Cc1ccc(F)cc1)C(=O)CN(c1ccc(Cl)c(Cl)c1)S(C)(=O)=O. The third kappa shape index (κ3) is 8.08. The fourth-order valence-electron chi connectivity index (χ4n) is 3.40. The molecule has 7 nitrogen and oxygen atoms in total. The van der Waals surface area contributed by atoms with E-state index in [9.17, 15) is 22.4 Å². The molecular formula is C24H30Cl2FN3O4S. The zero-order valence-corrected chi connectivity index (χ0v) is 22.4. The molecule has 192 valence electrons. The number of sulfonamides is 1. The number of anilines is 1. The Morgan fingerprint density at radius 3 is 2.17 bits per heavy atom. The Kier molecular flexibility index (Phi) is 10.4. The van der Waals surface area contributed by atoms with Crippen LogP contribution < -0.4 is 9.62 Å². The maximum absolute atomic E-state index is 13.6. The predicted octanol–water partition coefficient (Wildman–Crippen LogP) is 4.62. The lowest BCUT2D eigenvalue weighted by atomic mass is 10.1. The van der Waals surface area contributed by atoms with Gasteiger partial charge in [-0.05, 0) is 55.7 Å². The second-order valence-electron chi connectivity index (χ2n) is 8.26. The van der Waals surface area contributed by atoms with Crippen molar-refractivity contribution in [2.45, 2.75) is 52.2 Å². The number of carbonyl (C=O) groups is 2. The molecule has 2 atom stereocenters. The fraction of sp³-hybridized carbons (Fsp3) is 0.417. The Labute approximate surface area is 216 Å². The lowest BCUT2D eigenvalue weighted by molar-refractivity contribution is -0.140. The summed E-state index contributed by atoms with van der Waals surface area (Å²) < 4.78 is 39.5. The highest BCUT2D eigenvalue weighted by Crippen LogP contribution is 2.28. The van der Waals surface area contributed by atoms with Gasteiger partial charge in [0.2, 0.25) is 21.8 Å². The number of amides is 2. The molecule has 0 bridgehead atoms. The highest BCUT2D eigenvalue weighted by Gasteiger charge is 2.32. The first kappa shape index (κ1) is 28.9. The van der Waals surface area contributed by atoms with Gasteiger partial charge in [-0.15, -0.1) is 0 Å². The molecule has 11 heteroatoms. The van der Waals surface area contributed by atoms with Crippen molar-refractivity contribution < 1.29 is 22.4 Å². The van der Waals surface area contributed by atoms with Crippen LogP contribution in [0.15, 0.2) is 42.5 Å². The lowest BCUT2D eigenvalue weighted by Gasteiger charge is -2.33. The van der Waals surface area contributed by atoms with Crippen molar-refractivity contribution in [2.75, 3.05) is 17.1 Å². The van der Waals surface area contributed by atoms with E-state index in [2.05, 4.69) is 5.32 Å². The Hall–Kier alpha value is -2.36. The molecular weight excluding hydrogens is 516 g/mol. The third-order valence-corrected chi connectivity index (χ3v) is 7.40. The molecule has 0 fully saturated rings. The van der Waals surface area contributed by atoms with Crippen LogP contribution in [0.25, 0.3) is 0 Å². The molecule has 0 saturated heterocycles. The van der Waals surface area contributed by atoms with Gasteiger partial charge in [0.15, 0.2) is 0 Å². The van der Waals surface area contributed by atoms with Gasteiger partial charge in [-0.3, -0.25) is 13.9 Å². The highest BCUT2D eigenvalue weighted by molar-refractivity contribution is 7.92. The van der Waals surface area contributed by atoms with Crippen molar-refractivity contribution in [3.05, 3.63) is 63.9 Å². The van der Waals surface area contributed by atoms with Crippen molar-refractivity contribution in [1.29, 1.82) is 0 Å². The zero-order valence-electron chi connectivity index (χ0n) is 20.1. The molecule has 0 aliphatic rings. The quantitative estimate of drug-likeness (QED) is 0.446. The van der Waals surface area contributed by atoms with Crippen molar-refractivity contribution >= 4 is 50.7 Å². The van der Waals surface area contributed by atoms with Crippen molar-refractivity contribution in [3.63, 3.8) is 0 Å². The van der Waals surface area contributed by atoms with Crippen molar-refractivity contribution in [2.24, 2.45) is 0 Å². The maximum atomic E-state index is 13.6. The smallest absolute Gasteiger partial charge is 0.244 e. The molecule has 2 rings (SSSR count). The van der Waals surface area contributed by atoms with Gasteiger partial charge in [0.25, 0.3) is 0 Å². The minimum Gasteiger partial charge on any atom is -0.352 e. The van der Waals surface area contributed by atoms with Crippen LogP contribution in [-0.4, -0.2) is 50.0 Å². The van der Waals surface area contributed by atoms with Gasteiger partial charge in [0, 0.05) is 12.6 Å². The number of benzene rings is 2. The lowest BCUT2D eigenvalue weighted by Crippen LogP contribution is -2.53. The molecule has 2 aromatic rings. The molecule has 1 N–H and O–H groups in total. The largest absolute Gasteiger partial charge is 0.352 e. The predicted molar refractivity (Wildman–Crippen MR) is 138 cm³/mol. The second-order valence-corrected chi connectivity index (χ2v) is 11.0. The molecule has 0 heterocycles. The van der Waals surface area contributed by atoms with Crippen molar-refractivity contribution in [1.82, 2.24) is 10.2 Å². The van der Waals surface area contributed by atoms with Crippen LogP contribution in [-0.2, 0) is 26.2 Å². The Balaban J connectivity index is 2.45. The summed E-state index contributed by atoms with van der Waals surface area (Å²) >= 11 is 12.0. The monoisotopic (exact) mass is 545 g/mol. The summed E-state index contributed by atoms with van der Waals surface area (Å²) in [6.07, 6.45) is 1.97. The van der Waals surface area contributed by atoms with Gasteiger partial charge in [-0.1, -0.05) is 49.2 Å². The first-order chi connectivity index (χ1) is 16.4. The summed E-state index contributed by atoms with van der Waals surface area (Å²) in [4.78, 5) is 27.9. The van der Waals surface area contributed by atoms with Gasteiger partial charge in [0.1, 0.15) is 18.4 Å². The fourth-order valence-corrected chi connectivity index (χ4v) is 4.53. The summed E-state index contributed by atoms with van der Waals surface area (Å²) in [5, 5.41) is 3.25.